The molecule has 0 aromatic heterocycles. The zero-order valence-electron chi connectivity index (χ0n) is 15.9. The number of carbonyl (C=O) groups excluding carboxylic acids is 2. The van der Waals surface area contributed by atoms with E-state index in [9.17, 15) is 22.8 Å². The van der Waals surface area contributed by atoms with Crippen molar-refractivity contribution in [2.75, 3.05) is 37.3 Å². The Morgan fingerprint density at radius 2 is 1.62 bits per heavy atom. The first-order valence-electron chi connectivity index (χ1n) is 8.99. The zero-order valence-corrected chi connectivity index (χ0v) is 15.9. The van der Waals surface area contributed by atoms with Crippen molar-refractivity contribution < 1.29 is 22.8 Å². The van der Waals surface area contributed by atoms with Gasteiger partial charge < -0.3 is 16.0 Å². The molecule has 0 radical (unpaired) electrons. The smallest absolute Gasteiger partial charge is 0.338 e. The monoisotopic (exact) mass is 408 g/mol. The minimum absolute atomic E-state index is 0.209. The second-order valence-electron chi connectivity index (χ2n) is 6.49. The molecule has 0 aliphatic heterocycles. The molecule has 156 valence electrons. The van der Waals surface area contributed by atoms with Crippen LogP contribution in [0.2, 0.25) is 0 Å². The summed E-state index contributed by atoms with van der Waals surface area (Å²) in [6.45, 7) is -0.542. The van der Waals surface area contributed by atoms with E-state index in [0.717, 1.165) is 4.90 Å². The van der Waals surface area contributed by atoms with Gasteiger partial charge in [-0.3, -0.25) is 9.69 Å². The Bertz CT molecular complexity index is 813. The molecule has 3 amide bonds. The molecule has 0 saturated heterocycles. The average molecular weight is 408 g/mol. The van der Waals surface area contributed by atoms with Crippen molar-refractivity contribution in [3.8, 4) is 0 Å². The maximum absolute atomic E-state index is 12.2. The van der Waals surface area contributed by atoms with Crippen LogP contribution in [0.15, 0.2) is 54.6 Å². The number of benzene rings is 2. The molecule has 0 unspecified atom stereocenters. The molecule has 0 heterocycles. The molecule has 0 saturated carbocycles. The number of hydrogen-bond acceptors (Lipinski definition) is 3. The molecule has 9 heteroatoms. The first-order chi connectivity index (χ1) is 13.7. The molecule has 2 aromatic carbocycles. The number of rotatable bonds is 8. The van der Waals surface area contributed by atoms with E-state index < -0.39 is 18.8 Å². The molecule has 29 heavy (non-hydrogen) atoms. The zero-order chi connectivity index (χ0) is 21.3. The summed E-state index contributed by atoms with van der Waals surface area (Å²) in [5.41, 5.74) is 1.51. The van der Waals surface area contributed by atoms with Gasteiger partial charge in [-0.25, -0.2) is 4.79 Å². The van der Waals surface area contributed by atoms with Crippen LogP contribution in [0.25, 0.3) is 0 Å². The molecule has 0 aliphatic carbocycles. The lowest BCUT2D eigenvalue weighted by Gasteiger charge is -2.18. The highest BCUT2D eigenvalue weighted by Crippen LogP contribution is 2.17. The summed E-state index contributed by atoms with van der Waals surface area (Å²) < 4.78 is 36.7. The standard InChI is InChI=1S/C20H23F3N4O2/c1-27(14-20(21,22)23)12-6-11-24-19(29)26-17-10-5-9-16(13-17)25-18(28)15-7-3-2-4-8-15/h2-5,7-10,13H,6,11-12,14H2,1H3,(H,25,28)(H2,24,26,29). The highest BCUT2D eigenvalue weighted by Gasteiger charge is 2.28. The van der Waals surface area contributed by atoms with Gasteiger partial charge in [0.2, 0.25) is 0 Å². The Labute approximate surface area is 167 Å². The molecular weight excluding hydrogens is 385 g/mol. The maximum Gasteiger partial charge on any atom is 0.401 e. The normalized spacial score (nSPS) is 11.2. The summed E-state index contributed by atoms with van der Waals surface area (Å²) in [4.78, 5) is 25.3. The van der Waals surface area contributed by atoms with Crippen LogP contribution in [-0.4, -0.2) is 49.7 Å². The molecule has 6 nitrogen and oxygen atoms in total. The van der Waals surface area contributed by atoms with Crippen molar-refractivity contribution in [1.82, 2.24) is 10.2 Å². The highest BCUT2D eigenvalue weighted by molar-refractivity contribution is 6.04. The van der Waals surface area contributed by atoms with Crippen LogP contribution >= 0.6 is 0 Å². The summed E-state index contributed by atoms with van der Waals surface area (Å²) in [5.74, 6) is -0.268. The van der Waals surface area contributed by atoms with E-state index in [4.69, 9.17) is 0 Å². The van der Waals surface area contributed by atoms with Crippen LogP contribution in [0.1, 0.15) is 16.8 Å². The van der Waals surface area contributed by atoms with Crippen molar-refractivity contribution in [3.63, 3.8) is 0 Å². The number of alkyl halides is 3. The molecule has 3 N–H and O–H groups in total. The molecule has 0 atom stereocenters. The van der Waals surface area contributed by atoms with E-state index in [0.29, 0.717) is 23.4 Å². The van der Waals surface area contributed by atoms with Gasteiger partial charge in [0.15, 0.2) is 0 Å². The third-order valence-electron chi connectivity index (χ3n) is 3.87. The molecule has 0 spiro atoms. The summed E-state index contributed by atoms with van der Waals surface area (Å²) in [7, 11) is 1.38. The van der Waals surface area contributed by atoms with Gasteiger partial charge in [-0.15, -0.1) is 0 Å². The predicted octanol–water partition coefficient (Wildman–Crippen LogP) is 3.94. The van der Waals surface area contributed by atoms with Crippen LogP contribution < -0.4 is 16.0 Å². The molecular formula is C20H23F3N4O2. The Morgan fingerprint density at radius 3 is 2.28 bits per heavy atom. The summed E-state index contributed by atoms with van der Waals surface area (Å²) in [5, 5.41) is 7.96. The van der Waals surface area contributed by atoms with E-state index in [1.165, 1.54) is 7.05 Å². The first-order valence-corrected chi connectivity index (χ1v) is 8.99. The highest BCUT2D eigenvalue weighted by atomic mass is 19.4. The van der Waals surface area contributed by atoms with E-state index in [1.807, 2.05) is 6.07 Å². The topological polar surface area (TPSA) is 73.5 Å². The number of hydrogen-bond donors (Lipinski definition) is 3. The number of urea groups is 1. The quantitative estimate of drug-likeness (QED) is 0.579. The van der Waals surface area contributed by atoms with Gasteiger partial charge in [0.25, 0.3) is 5.91 Å². The molecule has 0 bridgehead atoms. The van der Waals surface area contributed by atoms with Crippen molar-refractivity contribution >= 4 is 23.3 Å². The maximum atomic E-state index is 12.2. The lowest BCUT2D eigenvalue weighted by atomic mass is 10.2. The minimum Gasteiger partial charge on any atom is -0.338 e. The van der Waals surface area contributed by atoms with Gasteiger partial charge in [-0.1, -0.05) is 24.3 Å². The largest absolute Gasteiger partial charge is 0.401 e. The average Bonchev–Trinajstić information content (AvgIpc) is 2.65. The Balaban J connectivity index is 1.76. The van der Waals surface area contributed by atoms with E-state index in [1.54, 1.807) is 48.5 Å². The minimum atomic E-state index is -4.24. The van der Waals surface area contributed by atoms with Crippen molar-refractivity contribution in [2.45, 2.75) is 12.6 Å². The lowest BCUT2D eigenvalue weighted by molar-refractivity contribution is -0.143. The van der Waals surface area contributed by atoms with E-state index >= 15 is 0 Å². The number of anilines is 2. The molecule has 0 aliphatic rings. The molecule has 0 fully saturated rings. The van der Waals surface area contributed by atoms with Crippen molar-refractivity contribution in [3.05, 3.63) is 60.2 Å². The Morgan fingerprint density at radius 1 is 0.966 bits per heavy atom. The number of carbonyl (C=O) groups is 2. The predicted molar refractivity (Wildman–Crippen MR) is 106 cm³/mol. The van der Waals surface area contributed by atoms with Crippen molar-refractivity contribution in [1.29, 1.82) is 0 Å². The third-order valence-corrected chi connectivity index (χ3v) is 3.87. The third kappa shape index (κ3) is 8.65. The van der Waals surface area contributed by atoms with E-state index in [-0.39, 0.29) is 19.0 Å². The first kappa shape index (κ1) is 22.2. The SMILES string of the molecule is CN(CCCNC(=O)Nc1cccc(NC(=O)c2ccccc2)c1)CC(F)(F)F. The molecule has 2 rings (SSSR count). The fraction of sp³-hybridized carbons (Fsp3) is 0.300. The van der Waals surface area contributed by atoms with Crippen molar-refractivity contribution in [2.24, 2.45) is 0 Å². The van der Waals surface area contributed by atoms with Crippen LogP contribution in [-0.2, 0) is 0 Å². The van der Waals surface area contributed by atoms with Crippen LogP contribution in [0.4, 0.5) is 29.3 Å². The number of amides is 3. The van der Waals surface area contributed by atoms with Gasteiger partial charge >= 0.3 is 12.2 Å². The second-order valence-corrected chi connectivity index (χ2v) is 6.49. The molecule has 2 aromatic rings. The second kappa shape index (κ2) is 10.5. The number of halogens is 3. The van der Waals surface area contributed by atoms with Gasteiger partial charge in [-0.05, 0) is 50.3 Å². The fourth-order valence-corrected chi connectivity index (χ4v) is 2.58. The number of nitrogens with one attached hydrogen (secondary N) is 3. The summed E-state index contributed by atoms with van der Waals surface area (Å²) in [6, 6.07) is 14.9. The van der Waals surface area contributed by atoms with Gasteiger partial charge in [-0.2, -0.15) is 13.2 Å². The van der Waals surface area contributed by atoms with E-state index in [2.05, 4.69) is 16.0 Å². The summed E-state index contributed by atoms with van der Waals surface area (Å²) in [6.07, 6.45) is -3.85. The number of nitrogens with zero attached hydrogens (tertiary/aromatic N) is 1. The lowest BCUT2D eigenvalue weighted by Crippen LogP contribution is -2.34. The van der Waals surface area contributed by atoms with Gasteiger partial charge in [0.05, 0.1) is 6.54 Å². The fourth-order valence-electron chi connectivity index (χ4n) is 2.58. The van der Waals surface area contributed by atoms with Gasteiger partial charge in [0.1, 0.15) is 0 Å². The van der Waals surface area contributed by atoms with Crippen LogP contribution in [0.5, 0.6) is 0 Å². The Kier molecular flexibility index (Phi) is 8.02. The van der Waals surface area contributed by atoms with Gasteiger partial charge in [0, 0.05) is 23.5 Å². The van der Waals surface area contributed by atoms with Crippen LogP contribution in [0.3, 0.4) is 0 Å². The Hall–Kier alpha value is -3.07. The van der Waals surface area contributed by atoms with Crippen LogP contribution in [0, 0.1) is 0 Å². The summed E-state index contributed by atoms with van der Waals surface area (Å²) >= 11 is 0.